The van der Waals surface area contributed by atoms with Crippen molar-refractivity contribution in [2.24, 2.45) is 17.8 Å². The highest BCUT2D eigenvalue weighted by Gasteiger charge is 2.54. The molecule has 1 aliphatic heterocycles. The van der Waals surface area contributed by atoms with Gasteiger partial charge in [0.25, 0.3) is 0 Å². The fraction of sp³-hybridized carbons (Fsp3) is 0.625. The molecule has 7 rings (SSSR count). The Hall–Kier alpha value is -2.38. The third kappa shape index (κ3) is 3.92. The number of aromatic nitrogens is 3. The molecule has 4 bridgehead atoms. The number of fused-ring (bicyclic) bond motifs is 1. The lowest BCUT2D eigenvalue weighted by Gasteiger charge is -2.56. The summed E-state index contributed by atoms with van der Waals surface area (Å²) >= 11 is 0. The van der Waals surface area contributed by atoms with Gasteiger partial charge < -0.3 is 9.67 Å². The van der Waals surface area contributed by atoms with E-state index in [9.17, 15) is 13.2 Å². The lowest BCUT2D eigenvalue weighted by atomic mass is 9.49. The van der Waals surface area contributed by atoms with Crippen molar-refractivity contribution in [3.05, 3.63) is 47.5 Å². The molecule has 1 aromatic heterocycles. The molecule has 0 radical (unpaired) electrons. The maximum atomic E-state index is 10.6. The van der Waals surface area contributed by atoms with E-state index in [4.69, 9.17) is 20.1 Å². The normalized spacial score (nSPS) is 32.7. The Bertz CT molecular complexity index is 951. The number of carbonyl (C=O) groups is 1. The summed E-state index contributed by atoms with van der Waals surface area (Å²) in [5, 5.41) is 16.7. The molecule has 4 saturated carbocycles. The van der Waals surface area contributed by atoms with Gasteiger partial charge in [-0.2, -0.15) is 13.2 Å². The van der Waals surface area contributed by atoms with Gasteiger partial charge in [-0.1, -0.05) is 30.3 Å². The number of nitrogens with zero attached hydrogens (tertiary/aromatic N) is 3. The van der Waals surface area contributed by atoms with Crippen LogP contribution in [-0.4, -0.2) is 32.0 Å². The monoisotopic (exact) mass is 447 g/mol. The van der Waals surface area contributed by atoms with E-state index in [1.807, 2.05) is 0 Å². The smallest absolute Gasteiger partial charge is 0.475 e. The van der Waals surface area contributed by atoms with Gasteiger partial charge >= 0.3 is 12.1 Å². The predicted molar refractivity (Wildman–Crippen MR) is 111 cm³/mol. The molecule has 8 heteroatoms. The number of aliphatic carboxylic acids is 1. The van der Waals surface area contributed by atoms with Gasteiger partial charge in [0.05, 0.1) is 0 Å². The van der Waals surface area contributed by atoms with Gasteiger partial charge in [0, 0.05) is 18.4 Å². The SMILES string of the molecule is O=C(O)C(F)(F)F.c1ccc(C2CCn3c(nnc3C34CC5CC(CC(C5)C3)C4)C2)cc1. The van der Waals surface area contributed by atoms with Gasteiger partial charge in [-0.25, -0.2) is 4.79 Å². The number of carboxylic acids is 1. The van der Waals surface area contributed by atoms with E-state index >= 15 is 0 Å². The molecule has 0 spiro atoms. The van der Waals surface area contributed by atoms with Gasteiger partial charge in [-0.15, -0.1) is 10.2 Å². The number of rotatable bonds is 2. The zero-order chi connectivity index (χ0) is 22.5. The van der Waals surface area contributed by atoms with Crippen LogP contribution in [0.25, 0.3) is 0 Å². The second kappa shape index (κ2) is 7.89. The van der Waals surface area contributed by atoms with E-state index in [1.165, 1.54) is 62.2 Å². The number of benzene rings is 1. The van der Waals surface area contributed by atoms with Crippen LogP contribution in [0, 0.1) is 17.8 Å². The Morgan fingerprint density at radius 2 is 1.56 bits per heavy atom. The minimum absolute atomic E-state index is 0.375. The van der Waals surface area contributed by atoms with Crippen molar-refractivity contribution in [3.8, 4) is 0 Å². The summed E-state index contributed by atoms with van der Waals surface area (Å²) in [6.07, 6.45) is 5.86. The molecular weight excluding hydrogens is 419 g/mol. The average Bonchev–Trinajstić information content (AvgIpc) is 3.17. The summed E-state index contributed by atoms with van der Waals surface area (Å²) in [6, 6.07) is 11.0. The zero-order valence-corrected chi connectivity index (χ0v) is 17.9. The van der Waals surface area contributed by atoms with Crippen LogP contribution in [0.4, 0.5) is 13.2 Å². The van der Waals surface area contributed by atoms with E-state index in [0.717, 1.165) is 30.7 Å². The Labute approximate surface area is 185 Å². The standard InChI is InChI=1S/C22H27N3.C2HF3O2/c1-2-4-18(5-3-1)19-6-7-25-20(11-19)23-24-21(25)22-12-15-8-16(13-22)10-17(9-15)14-22;3-2(4,5)1(6)7/h1-5,15-17,19H,6-14H2;(H,6,7). The van der Waals surface area contributed by atoms with Gasteiger partial charge in [-0.05, 0) is 74.2 Å². The topological polar surface area (TPSA) is 68.0 Å². The number of halogens is 3. The summed E-state index contributed by atoms with van der Waals surface area (Å²) in [5.74, 6) is 3.38. The fourth-order valence-corrected chi connectivity index (χ4v) is 7.12. The van der Waals surface area contributed by atoms with Crippen molar-refractivity contribution in [2.45, 2.75) is 75.4 Å². The van der Waals surface area contributed by atoms with Crippen molar-refractivity contribution in [2.75, 3.05) is 0 Å². The largest absolute Gasteiger partial charge is 0.490 e. The van der Waals surface area contributed by atoms with E-state index < -0.39 is 12.1 Å². The molecule has 1 unspecified atom stereocenters. The summed E-state index contributed by atoms with van der Waals surface area (Å²) in [7, 11) is 0. The summed E-state index contributed by atoms with van der Waals surface area (Å²) in [4.78, 5) is 8.90. The molecule has 0 amide bonds. The molecule has 172 valence electrons. The maximum Gasteiger partial charge on any atom is 0.490 e. The number of carboxylic acid groups (broad SMARTS) is 1. The Morgan fingerprint density at radius 1 is 1.00 bits per heavy atom. The average molecular weight is 448 g/mol. The molecule has 2 aromatic rings. The fourth-order valence-electron chi connectivity index (χ4n) is 7.12. The van der Waals surface area contributed by atoms with Crippen LogP contribution in [0.1, 0.15) is 68.1 Å². The van der Waals surface area contributed by atoms with E-state index in [-0.39, 0.29) is 0 Å². The minimum atomic E-state index is -5.08. The third-order valence-corrected chi connectivity index (χ3v) is 7.98. The second-order valence-corrected chi connectivity index (χ2v) is 10.2. The van der Waals surface area contributed by atoms with E-state index in [1.54, 1.807) is 0 Å². The molecule has 5 aliphatic rings. The molecule has 1 aromatic carbocycles. The first-order valence-electron chi connectivity index (χ1n) is 11.5. The zero-order valence-electron chi connectivity index (χ0n) is 17.9. The first kappa shape index (κ1) is 21.5. The van der Waals surface area contributed by atoms with Crippen molar-refractivity contribution in [3.63, 3.8) is 0 Å². The molecule has 0 saturated heterocycles. The molecule has 4 aliphatic carbocycles. The maximum absolute atomic E-state index is 10.6. The highest BCUT2D eigenvalue weighted by Crippen LogP contribution is 2.60. The molecule has 32 heavy (non-hydrogen) atoms. The highest BCUT2D eigenvalue weighted by atomic mass is 19.4. The van der Waals surface area contributed by atoms with Crippen LogP contribution in [-0.2, 0) is 23.2 Å². The van der Waals surface area contributed by atoms with Crippen LogP contribution in [0.3, 0.4) is 0 Å². The van der Waals surface area contributed by atoms with Crippen LogP contribution in [0.2, 0.25) is 0 Å². The lowest BCUT2D eigenvalue weighted by Crippen LogP contribution is -2.50. The molecule has 1 N–H and O–H groups in total. The molecule has 2 heterocycles. The van der Waals surface area contributed by atoms with Crippen LogP contribution >= 0.6 is 0 Å². The molecule has 1 atom stereocenters. The number of hydrogen-bond acceptors (Lipinski definition) is 3. The van der Waals surface area contributed by atoms with Gasteiger partial charge in [-0.3, -0.25) is 0 Å². The summed E-state index contributed by atoms with van der Waals surface area (Å²) < 4.78 is 34.3. The summed E-state index contributed by atoms with van der Waals surface area (Å²) in [5.41, 5.74) is 1.84. The van der Waals surface area contributed by atoms with Crippen molar-refractivity contribution >= 4 is 5.97 Å². The molecular formula is C24H28F3N3O2. The third-order valence-electron chi connectivity index (χ3n) is 7.98. The molecule has 4 fully saturated rings. The summed E-state index contributed by atoms with van der Waals surface area (Å²) in [6.45, 7) is 1.11. The predicted octanol–water partition coefficient (Wildman–Crippen LogP) is 5.11. The second-order valence-electron chi connectivity index (χ2n) is 10.2. The van der Waals surface area contributed by atoms with Crippen molar-refractivity contribution in [1.29, 1.82) is 0 Å². The Kier molecular flexibility index (Phi) is 5.29. The quantitative estimate of drug-likeness (QED) is 0.695. The van der Waals surface area contributed by atoms with Gasteiger partial charge in [0.1, 0.15) is 11.6 Å². The molecule has 5 nitrogen and oxygen atoms in total. The van der Waals surface area contributed by atoms with Crippen molar-refractivity contribution < 1.29 is 23.1 Å². The first-order chi connectivity index (χ1) is 15.2. The van der Waals surface area contributed by atoms with Crippen molar-refractivity contribution in [1.82, 2.24) is 14.8 Å². The number of alkyl halides is 3. The van der Waals surface area contributed by atoms with Gasteiger partial charge in [0.15, 0.2) is 0 Å². The minimum Gasteiger partial charge on any atom is -0.475 e. The Morgan fingerprint density at radius 3 is 2.09 bits per heavy atom. The van der Waals surface area contributed by atoms with Gasteiger partial charge in [0.2, 0.25) is 0 Å². The first-order valence-corrected chi connectivity index (χ1v) is 11.5. The van der Waals surface area contributed by atoms with E-state index in [2.05, 4.69) is 34.9 Å². The Balaban J connectivity index is 0.000000272. The van der Waals surface area contributed by atoms with Crippen LogP contribution in [0.15, 0.2) is 30.3 Å². The lowest BCUT2D eigenvalue weighted by molar-refractivity contribution is -0.192. The number of hydrogen-bond donors (Lipinski definition) is 1. The van der Waals surface area contributed by atoms with Crippen LogP contribution < -0.4 is 0 Å². The highest BCUT2D eigenvalue weighted by molar-refractivity contribution is 5.73. The van der Waals surface area contributed by atoms with Crippen LogP contribution in [0.5, 0.6) is 0 Å². The van der Waals surface area contributed by atoms with E-state index in [0.29, 0.717) is 11.3 Å².